The van der Waals surface area contributed by atoms with E-state index in [4.69, 9.17) is 16.3 Å². The average Bonchev–Trinajstić information content (AvgIpc) is 2.61. The van der Waals surface area contributed by atoms with Crippen molar-refractivity contribution in [3.05, 3.63) is 58.6 Å². The predicted octanol–water partition coefficient (Wildman–Crippen LogP) is 2.59. The van der Waals surface area contributed by atoms with Gasteiger partial charge in [-0.05, 0) is 25.8 Å². The van der Waals surface area contributed by atoms with E-state index in [1.54, 1.807) is 13.8 Å². The topological polar surface area (TPSA) is 81.2 Å². The summed E-state index contributed by atoms with van der Waals surface area (Å²) < 4.78 is 5.12. The van der Waals surface area contributed by atoms with Crippen LogP contribution in [0.3, 0.4) is 0 Å². The zero-order valence-electron chi connectivity index (χ0n) is 14.2. The number of rotatable bonds is 7. The van der Waals surface area contributed by atoms with E-state index in [0.29, 0.717) is 12.2 Å². The minimum Gasteiger partial charge on any atom is -0.466 e. The predicted molar refractivity (Wildman–Crippen MR) is 94.4 cm³/mol. The third-order valence-electron chi connectivity index (χ3n) is 3.53. The lowest BCUT2D eigenvalue weighted by Crippen LogP contribution is -2.35. The average molecular weight is 362 g/mol. The van der Waals surface area contributed by atoms with Crippen LogP contribution >= 0.6 is 11.6 Å². The van der Waals surface area contributed by atoms with Gasteiger partial charge in [0.05, 0.1) is 23.7 Å². The summed E-state index contributed by atoms with van der Waals surface area (Å²) in [6.45, 7) is 3.84. The van der Waals surface area contributed by atoms with Crippen molar-refractivity contribution in [3.8, 4) is 0 Å². The van der Waals surface area contributed by atoms with E-state index in [0.717, 1.165) is 5.56 Å². The Kier molecular flexibility index (Phi) is 6.89. The Bertz CT molecular complexity index is 738. The second-order valence-electron chi connectivity index (χ2n) is 5.46. The highest BCUT2D eigenvalue weighted by Crippen LogP contribution is 2.13. The van der Waals surface area contributed by atoms with Gasteiger partial charge < -0.3 is 10.1 Å². The fourth-order valence-corrected chi connectivity index (χ4v) is 2.49. The molecule has 0 aliphatic carbocycles. The molecule has 0 aliphatic heterocycles. The summed E-state index contributed by atoms with van der Waals surface area (Å²) in [5, 5.41) is 2.88. The van der Waals surface area contributed by atoms with Gasteiger partial charge in [0.2, 0.25) is 0 Å². The van der Waals surface area contributed by atoms with Gasteiger partial charge in [-0.15, -0.1) is 0 Å². The monoisotopic (exact) mass is 361 g/mol. The molecule has 0 aliphatic rings. The summed E-state index contributed by atoms with van der Waals surface area (Å²) in [4.78, 5) is 32.5. The molecule has 1 unspecified atom stereocenters. The molecule has 0 saturated carbocycles. The number of ether oxygens (including phenoxy) is 1. The fourth-order valence-electron chi connectivity index (χ4n) is 2.31. The van der Waals surface area contributed by atoms with Gasteiger partial charge >= 0.3 is 5.97 Å². The highest BCUT2D eigenvalue weighted by molar-refractivity contribution is 6.33. The molecule has 0 spiro atoms. The van der Waals surface area contributed by atoms with Gasteiger partial charge in [-0.2, -0.15) is 0 Å². The molecule has 1 N–H and O–H groups in total. The molecule has 2 rings (SSSR count). The number of aryl methyl sites for hydroxylation is 1. The molecule has 0 radical (unpaired) electrons. The number of benzene rings is 1. The quantitative estimate of drug-likeness (QED) is 0.766. The van der Waals surface area contributed by atoms with Gasteiger partial charge in [0.15, 0.2) is 0 Å². The lowest BCUT2D eigenvalue weighted by atomic mass is 9.99. The molecule has 1 heterocycles. The summed E-state index contributed by atoms with van der Waals surface area (Å²) in [7, 11) is 0. The molecule has 25 heavy (non-hydrogen) atoms. The number of nitrogens with one attached hydrogen (secondary N) is 1. The maximum atomic E-state index is 12.3. The van der Waals surface area contributed by atoms with E-state index in [-0.39, 0.29) is 29.8 Å². The number of halogens is 1. The summed E-state index contributed by atoms with van der Waals surface area (Å²) in [6, 6.07) is 9.57. The van der Waals surface area contributed by atoms with E-state index in [2.05, 4.69) is 15.3 Å². The van der Waals surface area contributed by atoms with Crippen molar-refractivity contribution in [3.63, 3.8) is 0 Å². The summed E-state index contributed by atoms with van der Waals surface area (Å²) in [5.74, 6) is -0.844. The number of amides is 1. The molecule has 1 atom stereocenters. The Hall–Kier alpha value is -2.47. The molecule has 1 amide bonds. The lowest BCUT2D eigenvalue weighted by molar-refractivity contribution is -0.147. The molecule has 1 aromatic carbocycles. The van der Waals surface area contributed by atoms with E-state index in [1.165, 1.54) is 6.20 Å². The molecule has 6 nitrogen and oxygen atoms in total. The first-order chi connectivity index (χ1) is 12.0. The van der Waals surface area contributed by atoms with E-state index in [9.17, 15) is 9.59 Å². The second-order valence-corrected chi connectivity index (χ2v) is 5.87. The fraction of sp³-hybridized carbons (Fsp3) is 0.333. The van der Waals surface area contributed by atoms with Gasteiger partial charge in [0, 0.05) is 6.54 Å². The van der Waals surface area contributed by atoms with Crippen LogP contribution in [0.15, 0.2) is 36.5 Å². The van der Waals surface area contributed by atoms with Crippen LogP contribution in [-0.2, 0) is 16.0 Å². The third kappa shape index (κ3) is 5.53. The van der Waals surface area contributed by atoms with Crippen molar-refractivity contribution in [2.75, 3.05) is 13.2 Å². The van der Waals surface area contributed by atoms with Crippen LogP contribution in [0.2, 0.25) is 5.02 Å². The van der Waals surface area contributed by atoms with E-state index >= 15 is 0 Å². The maximum Gasteiger partial charge on any atom is 0.311 e. The Balaban J connectivity index is 2.07. The van der Waals surface area contributed by atoms with Crippen LogP contribution in [0.1, 0.15) is 28.8 Å². The number of carbonyl (C=O) groups is 2. The van der Waals surface area contributed by atoms with Crippen LogP contribution in [0.25, 0.3) is 0 Å². The van der Waals surface area contributed by atoms with Crippen molar-refractivity contribution in [1.82, 2.24) is 15.3 Å². The number of esters is 1. The summed E-state index contributed by atoms with van der Waals surface area (Å²) in [6.07, 6.45) is 1.85. The van der Waals surface area contributed by atoms with Crippen molar-refractivity contribution in [2.45, 2.75) is 20.3 Å². The molecule has 0 fully saturated rings. The molecule has 2 aromatic rings. The minimum absolute atomic E-state index is 0.0940. The molecular formula is C18H20ClN3O3. The van der Waals surface area contributed by atoms with Crippen LogP contribution in [-0.4, -0.2) is 35.0 Å². The first-order valence-electron chi connectivity index (χ1n) is 7.99. The number of hydrogen-bond acceptors (Lipinski definition) is 5. The Morgan fingerprint density at radius 1 is 1.28 bits per heavy atom. The number of nitrogens with zero attached hydrogens (tertiary/aromatic N) is 2. The van der Waals surface area contributed by atoms with Crippen LogP contribution in [0.4, 0.5) is 0 Å². The molecule has 0 saturated heterocycles. The zero-order valence-corrected chi connectivity index (χ0v) is 14.9. The van der Waals surface area contributed by atoms with Crippen molar-refractivity contribution >= 4 is 23.5 Å². The van der Waals surface area contributed by atoms with Gasteiger partial charge in [0.1, 0.15) is 11.5 Å². The largest absolute Gasteiger partial charge is 0.466 e. The molecule has 0 bridgehead atoms. The standard InChI is InChI=1S/C18H20ClN3O3/c1-3-25-18(24)14(9-13-7-5-4-6-8-13)10-21-17(23)16-15(19)11-20-12(2)22-16/h4-8,11,14H,3,9-10H2,1-2H3,(H,21,23). The summed E-state index contributed by atoms with van der Waals surface area (Å²) >= 11 is 5.97. The first kappa shape index (κ1) is 18.9. The Morgan fingerprint density at radius 2 is 2.00 bits per heavy atom. The molecule has 132 valence electrons. The van der Waals surface area contributed by atoms with Gasteiger partial charge in [-0.25, -0.2) is 9.97 Å². The maximum absolute atomic E-state index is 12.3. The molecular weight excluding hydrogens is 342 g/mol. The highest BCUT2D eigenvalue weighted by Gasteiger charge is 2.22. The number of aromatic nitrogens is 2. The second kappa shape index (κ2) is 9.13. The van der Waals surface area contributed by atoms with Gasteiger partial charge in [-0.3, -0.25) is 9.59 Å². The number of carbonyl (C=O) groups excluding carboxylic acids is 2. The SMILES string of the molecule is CCOC(=O)C(CNC(=O)c1nc(C)ncc1Cl)Cc1ccccc1. The smallest absolute Gasteiger partial charge is 0.311 e. The van der Waals surface area contributed by atoms with Crippen molar-refractivity contribution in [1.29, 1.82) is 0 Å². The van der Waals surface area contributed by atoms with Crippen LogP contribution in [0, 0.1) is 12.8 Å². The lowest BCUT2D eigenvalue weighted by Gasteiger charge is -2.16. The number of hydrogen-bond donors (Lipinski definition) is 1. The van der Waals surface area contributed by atoms with Crippen molar-refractivity contribution < 1.29 is 14.3 Å². The van der Waals surface area contributed by atoms with Crippen LogP contribution < -0.4 is 5.32 Å². The minimum atomic E-state index is -0.493. The zero-order chi connectivity index (χ0) is 18.2. The van der Waals surface area contributed by atoms with E-state index < -0.39 is 11.8 Å². The van der Waals surface area contributed by atoms with Crippen LogP contribution in [0.5, 0.6) is 0 Å². The molecule has 1 aromatic heterocycles. The van der Waals surface area contributed by atoms with Crippen molar-refractivity contribution in [2.24, 2.45) is 5.92 Å². The normalized spacial score (nSPS) is 11.6. The Morgan fingerprint density at radius 3 is 2.68 bits per heavy atom. The first-order valence-corrected chi connectivity index (χ1v) is 8.37. The third-order valence-corrected chi connectivity index (χ3v) is 3.81. The highest BCUT2D eigenvalue weighted by atomic mass is 35.5. The Labute approximate surface area is 151 Å². The molecule has 7 heteroatoms. The van der Waals surface area contributed by atoms with E-state index in [1.807, 2.05) is 30.3 Å². The summed E-state index contributed by atoms with van der Waals surface area (Å²) in [5.41, 5.74) is 1.09. The van der Waals surface area contributed by atoms with Gasteiger partial charge in [0.25, 0.3) is 5.91 Å². The van der Waals surface area contributed by atoms with Gasteiger partial charge in [-0.1, -0.05) is 41.9 Å².